The number of benzene rings is 2. The van der Waals surface area contributed by atoms with Crippen molar-refractivity contribution in [1.82, 2.24) is 10.6 Å². The highest BCUT2D eigenvalue weighted by molar-refractivity contribution is 6.31. The van der Waals surface area contributed by atoms with E-state index in [9.17, 15) is 18.8 Å². The van der Waals surface area contributed by atoms with Gasteiger partial charge in [-0.05, 0) is 30.5 Å². The van der Waals surface area contributed by atoms with E-state index >= 15 is 0 Å². The quantitative estimate of drug-likeness (QED) is 0.316. The number of nitrogens with one attached hydrogen (secondary N) is 4. The third-order valence-electron chi connectivity index (χ3n) is 5.36. The fourth-order valence-electron chi connectivity index (χ4n) is 3.45. The van der Waals surface area contributed by atoms with Gasteiger partial charge in [0.15, 0.2) is 0 Å². The van der Waals surface area contributed by atoms with Gasteiger partial charge in [-0.1, -0.05) is 31.5 Å². The zero-order valence-corrected chi connectivity index (χ0v) is 22.4. The predicted octanol–water partition coefficient (Wildman–Crippen LogP) is 4.45. The number of amides is 3. The maximum absolute atomic E-state index is 13.7. The van der Waals surface area contributed by atoms with Gasteiger partial charge in [0.1, 0.15) is 23.0 Å². The number of hydrogen-bond acceptors (Lipinski definition) is 6. The first-order chi connectivity index (χ1) is 17.4. The molecule has 200 valence electrons. The molecule has 0 bridgehead atoms. The summed E-state index contributed by atoms with van der Waals surface area (Å²) in [6.45, 7) is 5.14. The second-order valence-corrected chi connectivity index (χ2v) is 9.42. The smallest absolute Gasteiger partial charge is 0.273 e. The fraction of sp³-hybridized carbons (Fsp3) is 0.346. The van der Waals surface area contributed by atoms with Gasteiger partial charge in [0.05, 0.1) is 24.9 Å². The van der Waals surface area contributed by atoms with Crippen LogP contribution in [0.1, 0.15) is 33.6 Å². The molecule has 0 aliphatic rings. The summed E-state index contributed by atoms with van der Waals surface area (Å²) in [4.78, 5) is 38.5. The average Bonchev–Trinajstić information content (AvgIpc) is 2.83. The van der Waals surface area contributed by atoms with Crippen molar-refractivity contribution in [1.29, 1.82) is 0 Å². The summed E-state index contributed by atoms with van der Waals surface area (Å²) < 4.78 is 24.0. The summed E-state index contributed by atoms with van der Waals surface area (Å²) in [5, 5.41) is 10.7. The molecule has 0 heterocycles. The van der Waals surface area contributed by atoms with Gasteiger partial charge < -0.3 is 30.7 Å². The van der Waals surface area contributed by atoms with E-state index < -0.39 is 29.0 Å². The van der Waals surface area contributed by atoms with E-state index in [4.69, 9.17) is 21.1 Å². The minimum Gasteiger partial charge on any atom is -0.497 e. The summed E-state index contributed by atoms with van der Waals surface area (Å²) in [6.07, 6.45) is -0.104. The Balaban J connectivity index is 2.07. The van der Waals surface area contributed by atoms with Gasteiger partial charge >= 0.3 is 0 Å². The van der Waals surface area contributed by atoms with Crippen molar-refractivity contribution in [2.45, 2.75) is 33.6 Å². The topological polar surface area (TPSA) is 118 Å². The summed E-state index contributed by atoms with van der Waals surface area (Å²) >= 11 is 5.82. The Morgan fingerprint density at radius 3 is 2.30 bits per heavy atom. The molecule has 0 fully saturated rings. The van der Waals surface area contributed by atoms with E-state index in [2.05, 4.69) is 21.3 Å². The standard InChI is InChI=1S/C26H32ClFN4O5/c1-15(29-4)24(25(35)30-16-8-7-9-17(10-16)36-5)32-23(34)14-26(2,3)13-22(33)31-20-11-18(27)19(28)12-21(20)37-6/h7-12,29H,13-14H2,1-6H3,(H,30,35)(H,31,33)(H,32,34)/b24-15+. The number of ether oxygens (including phenoxy) is 2. The molecule has 0 aliphatic carbocycles. The molecule has 11 heteroatoms. The molecule has 0 saturated carbocycles. The van der Waals surface area contributed by atoms with E-state index in [1.807, 2.05) is 0 Å². The molecule has 0 atom stereocenters. The summed E-state index contributed by atoms with van der Waals surface area (Å²) in [7, 11) is 4.49. The van der Waals surface area contributed by atoms with E-state index in [1.165, 1.54) is 20.3 Å². The van der Waals surface area contributed by atoms with Crippen molar-refractivity contribution in [3.05, 3.63) is 58.6 Å². The third-order valence-corrected chi connectivity index (χ3v) is 5.65. The van der Waals surface area contributed by atoms with Crippen LogP contribution in [-0.2, 0) is 14.4 Å². The van der Waals surface area contributed by atoms with Gasteiger partial charge in [0.25, 0.3) is 5.91 Å². The maximum Gasteiger partial charge on any atom is 0.273 e. The molecule has 0 unspecified atom stereocenters. The molecule has 37 heavy (non-hydrogen) atoms. The minimum atomic E-state index is -0.785. The Kier molecular flexibility index (Phi) is 10.3. The summed E-state index contributed by atoms with van der Waals surface area (Å²) in [5.74, 6) is -1.39. The van der Waals surface area contributed by atoms with Crippen LogP contribution in [0.15, 0.2) is 47.8 Å². The number of anilines is 2. The number of rotatable bonds is 11. The van der Waals surface area contributed by atoms with Crippen LogP contribution in [0.2, 0.25) is 5.02 Å². The first-order valence-corrected chi connectivity index (χ1v) is 11.7. The van der Waals surface area contributed by atoms with Crippen molar-refractivity contribution in [3.8, 4) is 11.5 Å². The van der Waals surface area contributed by atoms with Crippen molar-refractivity contribution >= 4 is 40.7 Å². The third kappa shape index (κ3) is 8.68. The molecule has 2 aromatic rings. The molecule has 4 N–H and O–H groups in total. The zero-order chi connectivity index (χ0) is 27.8. The highest BCUT2D eigenvalue weighted by Gasteiger charge is 2.28. The van der Waals surface area contributed by atoms with Crippen LogP contribution in [0.25, 0.3) is 0 Å². The lowest BCUT2D eigenvalue weighted by atomic mass is 9.85. The molecule has 0 spiro atoms. The van der Waals surface area contributed by atoms with Crippen molar-refractivity contribution in [3.63, 3.8) is 0 Å². The minimum absolute atomic E-state index is 0.0428. The van der Waals surface area contributed by atoms with Crippen LogP contribution >= 0.6 is 11.6 Å². The van der Waals surface area contributed by atoms with Gasteiger partial charge in [-0.2, -0.15) is 0 Å². The molecular weight excluding hydrogens is 503 g/mol. The lowest BCUT2D eigenvalue weighted by molar-refractivity contribution is -0.125. The average molecular weight is 535 g/mol. The second-order valence-electron chi connectivity index (χ2n) is 9.02. The molecule has 0 aromatic heterocycles. The first-order valence-electron chi connectivity index (χ1n) is 11.4. The van der Waals surface area contributed by atoms with E-state index in [1.54, 1.807) is 52.1 Å². The van der Waals surface area contributed by atoms with Gasteiger partial charge in [-0.25, -0.2) is 4.39 Å². The normalized spacial score (nSPS) is 11.7. The van der Waals surface area contributed by atoms with Gasteiger partial charge in [-0.15, -0.1) is 0 Å². The molecular formula is C26H32ClFN4O5. The monoisotopic (exact) mass is 534 g/mol. The van der Waals surface area contributed by atoms with Crippen LogP contribution in [0.5, 0.6) is 11.5 Å². The highest BCUT2D eigenvalue weighted by Crippen LogP contribution is 2.32. The van der Waals surface area contributed by atoms with Crippen molar-refractivity contribution in [2.24, 2.45) is 5.41 Å². The number of carbonyl (C=O) groups excluding carboxylic acids is 3. The molecule has 0 saturated heterocycles. The highest BCUT2D eigenvalue weighted by atomic mass is 35.5. The van der Waals surface area contributed by atoms with Crippen LogP contribution in [0, 0.1) is 11.2 Å². The Bertz CT molecular complexity index is 1200. The van der Waals surface area contributed by atoms with Gasteiger partial charge in [0.2, 0.25) is 11.8 Å². The van der Waals surface area contributed by atoms with Crippen LogP contribution < -0.4 is 30.7 Å². The maximum atomic E-state index is 13.7. The Morgan fingerprint density at radius 1 is 1.00 bits per heavy atom. The first kappa shape index (κ1) is 29.4. The predicted molar refractivity (Wildman–Crippen MR) is 141 cm³/mol. The number of allylic oxidation sites excluding steroid dienone is 1. The van der Waals surface area contributed by atoms with Crippen molar-refractivity contribution in [2.75, 3.05) is 31.9 Å². The number of carbonyl (C=O) groups is 3. The summed E-state index contributed by atoms with van der Waals surface area (Å²) in [5.41, 5.74) is 0.412. The number of hydrogen-bond donors (Lipinski definition) is 4. The van der Waals surface area contributed by atoms with Gasteiger partial charge in [0, 0.05) is 43.4 Å². The van der Waals surface area contributed by atoms with Crippen LogP contribution in [0.3, 0.4) is 0 Å². The van der Waals surface area contributed by atoms with Crippen molar-refractivity contribution < 1.29 is 28.2 Å². The second kappa shape index (κ2) is 13.0. The fourth-order valence-corrected chi connectivity index (χ4v) is 3.61. The van der Waals surface area contributed by atoms with E-state index in [-0.39, 0.29) is 35.0 Å². The summed E-state index contributed by atoms with van der Waals surface area (Å²) in [6, 6.07) is 9.14. The van der Waals surface area contributed by atoms with E-state index in [0.29, 0.717) is 17.1 Å². The lowest BCUT2D eigenvalue weighted by Gasteiger charge is -2.24. The molecule has 0 aliphatic heterocycles. The molecule has 2 rings (SSSR count). The van der Waals surface area contributed by atoms with Crippen LogP contribution in [-0.4, -0.2) is 39.0 Å². The number of halogens is 2. The molecule has 9 nitrogen and oxygen atoms in total. The Hall–Kier alpha value is -3.79. The van der Waals surface area contributed by atoms with Gasteiger partial charge in [-0.3, -0.25) is 14.4 Å². The molecule has 3 amide bonds. The lowest BCUT2D eigenvalue weighted by Crippen LogP contribution is -2.36. The molecule has 0 radical (unpaired) electrons. The largest absolute Gasteiger partial charge is 0.497 e. The zero-order valence-electron chi connectivity index (χ0n) is 21.7. The van der Waals surface area contributed by atoms with Crippen LogP contribution in [0.4, 0.5) is 15.8 Å². The SMILES string of the molecule is CN/C(C)=C(/NC(=O)CC(C)(C)CC(=O)Nc1cc(Cl)c(F)cc1OC)C(=O)Nc1cccc(OC)c1. The van der Waals surface area contributed by atoms with E-state index in [0.717, 1.165) is 6.07 Å². The molecule has 2 aromatic carbocycles. The Morgan fingerprint density at radius 2 is 1.68 bits per heavy atom. The number of methoxy groups -OCH3 is 2. The Labute approximate surface area is 220 Å².